The predicted molar refractivity (Wildman–Crippen MR) is 95.8 cm³/mol. The Bertz CT molecular complexity index is 730. The first-order chi connectivity index (χ1) is 10.6. The van der Waals surface area contributed by atoms with Crippen LogP contribution in [0.5, 0.6) is 0 Å². The maximum absolute atomic E-state index is 11.9. The molecule has 22 heavy (non-hydrogen) atoms. The van der Waals surface area contributed by atoms with Gasteiger partial charge in [-0.1, -0.05) is 53.5 Å². The van der Waals surface area contributed by atoms with Crippen molar-refractivity contribution in [3.05, 3.63) is 74.2 Å². The topological polar surface area (TPSA) is 41.5 Å². The number of carbonyl (C=O) groups excluding carboxylic acids is 1. The average molecular weight is 398 g/mol. The Morgan fingerprint density at radius 1 is 1.14 bits per heavy atom. The van der Waals surface area contributed by atoms with E-state index in [1.807, 2.05) is 36.4 Å². The lowest BCUT2D eigenvalue weighted by Gasteiger charge is -2.02. The second-order valence-electron chi connectivity index (χ2n) is 4.26. The number of nitrogens with one attached hydrogen (secondary N) is 1. The van der Waals surface area contributed by atoms with E-state index in [2.05, 4.69) is 26.5 Å². The van der Waals surface area contributed by atoms with Gasteiger partial charge in [-0.3, -0.25) is 4.79 Å². The van der Waals surface area contributed by atoms with Crippen molar-refractivity contribution in [2.24, 2.45) is 5.10 Å². The normalized spacial score (nSPS) is 11.7. The quantitative estimate of drug-likeness (QED) is 0.562. The van der Waals surface area contributed by atoms with Crippen LogP contribution < -0.4 is 5.43 Å². The summed E-state index contributed by atoms with van der Waals surface area (Å²) < 4.78 is 0.723. The van der Waals surface area contributed by atoms with Gasteiger partial charge in [-0.05, 0) is 45.8 Å². The molecule has 1 amide bonds. The minimum absolute atomic E-state index is 0.277. The third-order valence-corrected chi connectivity index (χ3v) is 3.62. The molecule has 0 unspecified atom stereocenters. The second-order valence-corrected chi connectivity index (χ2v) is 6.02. The number of hydrogen-bond acceptors (Lipinski definition) is 2. The van der Waals surface area contributed by atoms with Crippen LogP contribution in [-0.2, 0) is 0 Å². The van der Waals surface area contributed by atoms with Crippen LogP contribution in [0, 0.1) is 0 Å². The summed E-state index contributed by atoms with van der Waals surface area (Å²) in [4.78, 5) is 11.9. The van der Waals surface area contributed by atoms with Gasteiger partial charge in [0.1, 0.15) is 0 Å². The van der Waals surface area contributed by atoms with Crippen LogP contribution >= 0.6 is 39.1 Å². The molecule has 0 aliphatic rings. The van der Waals surface area contributed by atoms with Crippen molar-refractivity contribution < 1.29 is 4.79 Å². The molecule has 0 atom stereocenters. The number of rotatable bonds is 4. The Kier molecular flexibility index (Phi) is 6.19. The molecule has 2 aromatic rings. The molecular weight excluding hydrogens is 387 g/mol. The number of halogens is 3. The van der Waals surface area contributed by atoms with Gasteiger partial charge in [-0.2, -0.15) is 5.10 Å². The highest BCUT2D eigenvalue weighted by molar-refractivity contribution is 9.12. The maximum atomic E-state index is 11.9. The molecule has 0 bridgehead atoms. The summed E-state index contributed by atoms with van der Waals surface area (Å²) in [5.74, 6) is -0.405. The molecule has 0 aliphatic carbocycles. The number of carbonyl (C=O) groups is 1. The Labute approximate surface area is 146 Å². The van der Waals surface area contributed by atoms with E-state index < -0.39 is 5.91 Å². The minimum Gasteiger partial charge on any atom is -0.267 e. The van der Waals surface area contributed by atoms with Crippen molar-refractivity contribution in [1.82, 2.24) is 5.43 Å². The van der Waals surface area contributed by atoms with E-state index in [1.54, 1.807) is 12.1 Å². The van der Waals surface area contributed by atoms with Crippen LogP contribution in [0.15, 0.2) is 58.1 Å². The summed E-state index contributed by atoms with van der Waals surface area (Å²) >= 11 is 15.1. The van der Waals surface area contributed by atoms with Crippen molar-refractivity contribution in [2.75, 3.05) is 0 Å². The molecular formula is C16H11BrCl2N2O. The number of allylic oxidation sites excluding steroid dienone is 1. The number of amides is 1. The monoisotopic (exact) mass is 396 g/mol. The second kappa shape index (κ2) is 8.13. The fraction of sp³-hybridized carbons (Fsp3) is 0. The predicted octanol–water partition coefficient (Wildman–Crippen LogP) is 5.15. The van der Waals surface area contributed by atoms with Gasteiger partial charge in [0.25, 0.3) is 5.91 Å². The van der Waals surface area contributed by atoms with E-state index in [0.29, 0.717) is 10.6 Å². The minimum atomic E-state index is -0.405. The van der Waals surface area contributed by atoms with E-state index in [4.69, 9.17) is 23.2 Å². The highest BCUT2D eigenvalue weighted by Crippen LogP contribution is 2.20. The summed E-state index contributed by atoms with van der Waals surface area (Å²) in [6.45, 7) is 0. The Morgan fingerprint density at radius 2 is 1.86 bits per heavy atom. The first kappa shape index (κ1) is 16.7. The molecule has 0 radical (unpaired) electrons. The largest absolute Gasteiger partial charge is 0.272 e. The fourth-order valence-corrected chi connectivity index (χ4v) is 2.49. The van der Waals surface area contributed by atoms with Crippen molar-refractivity contribution in [3.63, 3.8) is 0 Å². The standard InChI is InChI=1S/C16H11BrCl2N2O/c17-12(8-11-4-2-1-3-5-11)10-20-21-16(22)14-7-6-13(18)9-15(14)19/h1-10H,(H,21,22)/b12-8-,20-10-. The van der Waals surface area contributed by atoms with Gasteiger partial charge in [0.2, 0.25) is 0 Å². The summed E-state index contributed by atoms with van der Waals surface area (Å²) in [6.07, 6.45) is 3.37. The number of nitrogens with zero attached hydrogens (tertiary/aromatic N) is 1. The summed E-state index contributed by atoms with van der Waals surface area (Å²) in [5.41, 5.74) is 3.74. The molecule has 0 aromatic heterocycles. The van der Waals surface area contributed by atoms with Crippen molar-refractivity contribution >= 4 is 57.3 Å². The number of hydrazone groups is 1. The zero-order chi connectivity index (χ0) is 15.9. The Morgan fingerprint density at radius 3 is 2.55 bits per heavy atom. The molecule has 0 fully saturated rings. The van der Waals surface area contributed by atoms with Gasteiger partial charge in [0.05, 0.1) is 16.8 Å². The van der Waals surface area contributed by atoms with Crippen LogP contribution in [0.2, 0.25) is 10.0 Å². The van der Waals surface area contributed by atoms with Crippen molar-refractivity contribution in [3.8, 4) is 0 Å². The van der Waals surface area contributed by atoms with Crippen LogP contribution in [0.1, 0.15) is 15.9 Å². The molecule has 0 aliphatic heterocycles. The fourth-order valence-electron chi connectivity index (χ4n) is 1.63. The lowest BCUT2D eigenvalue weighted by atomic mass is 10.2. The van der Waals surface area contributed by atoms with Crippen LogP contribution in [0.3, 0.4) is 0 Å². The molecule has 3 nitrogen and oxygen atoms in total. The molecule has 6 heteroatoms. The van der Waals surface area contributed by atoms with Gasteiger partial charge in [-0.15, -0.1) is 0 Å². The molecule has 2 aromatic carbocycles. The smallest absolute Gasteiger partial charge is 0.267 e. The van der Waals surface area contributed by atoms with E-state index in [1.165, 1.54) is 12.3 Å². The first-order valence-corrected chi connectivity index (χ1v) is 7.82. The number of benzene rings is 2. The molecule has 1 N–H and O–H groups in total. The highest BCUT2D eigenvalue weighted by atomic mass is 79.9. The van der Waals surface area contributed by atoms with Crippen LogP contribution in [0.25, 0.3) is 6.08 Å². The maximum Gasteiger partial charge on any atom is 0.272 e. The van der Waals surface area contributed by atoms with E-state index in [-0.39, 0.29) is 5.02 Å². The Balaban J connectivity index is 2.00. The van der Waals surface area contributed by atoms with Gasteiger partial charge in [0, 0.05) is 9.51 Å². The van der Waals surface area contributed by atoms with Gasteiger partial charge < -0.3 is 0 Å². The lowest BCUT2D eigenvalue weighted by molar-refractivity contribution is 0.0955. The van der Waals surface area contributed by atoms with Crippen LogP contribution in [-0.4, -0.2) is 12.1 Å². The third kappa shape index (κ3) is 4.98. The highest BCUT2D eigenvalue weighted by Gasteiger charge is 2.09. The molecule has 0 heterocycles. The van der Waals surface area contributed by atoms with Gasteiger partial charge in [0.15, 0.2) is 0 Å². The zero-order valence-electron chi connectivity index (χ0n) is 11.3. The van der Waals surface area contributed by atoms with E-state index in [0.717, 1.165) is 10.0 Å². The van der Waals surface area contributed by atoms with Crippen molar-refractivity contribution in [2.45, 2.75) is 0 Å². The van der Waals surface area contributed by atoms with E-state index in [9.17, 15) is 4.79 Å². The van der Waals surface area contributed by atoms with Crippen LogP contribution in [0.4, 0.5) is 0 Å². The SMILES string of the molecule is O=C(N/N=C\C(Br)=C\c1ccccc1)c1ccc(Cl)cc1Cl. The number of hydrogen-bond donors (Lipinski definition) is 1. The summed E-state index contributed by atoms with van der Waals surface area (Å²) in [7, 11) is 0. The van der Waals surface area contributed by atoms with E-state index >= 15 is 0 Å². The molecule has 0 saturated carbocycles. The lowest BCUT2D eigenvalue weighted by Crippen LogP contribution is -2.17. The van der Waals surface area contributed by atoms with Gasteiger partial charge >= 0.3 is 0 Å². The summed E-state index contributed by atoms with van der Waals surface area (Å²) in [5, 5.41) is 4.62. The molecule has 0 spiro atoms. The Hall–Kier alpha value is -1.62. The third-order valence-electron chi connectivity index (χ3n) is 2.63. The average Bonchev–Trinajstić information content (AvgIpc) is 2.48. The first-order valence-electron chi connectivity index (χ1n) is 6.27. The summed E-state index contributed by atoms with van der Waals surface area (Å²) in [6, 6.07) is 14.4. The molecule has 0 saturated heterocycles. The molecule has 2 rings (SSSR count). The molecule has 112 valence electrons. The zero-order valence-corrected chi connectivity index (χ0v) is 14.4. The van der Waals surface area contributed by atoms with Crippen molar-refractivity contribution in [1.29, 1.82) is 0 Å². The van der Waals surface area contributed by atoms with Gasteiger partial charge in [-0.25, -0.2) is 5.43 Å².